The predicted molar refractivity (Wildman–Crippen MR) is 70.1 cm³/mol. The normalized spacial score (nSPS) is 18.0. The van der Waals surface area contributed by atoms with E-state index in [-0.39, 0.29) is 17.5 Å². The highest BCUT2D eigenvalue weighted by atomic mass is 16.6. The Morgan fingerprint density at radius 3 is 2.74 bits per heavy atom. The maximum Gasteiger partial charge on any atom is 0.311 e. The summed E-state index contributed by atoms with van der Waals surface area (Å²) in [7, 11) is 1.42. The summed E-state index contributed by atoms with van der Waals surface area (Å²) in [4.78, 5) is 10.6. The molecular weight excluding hydrogens is 248 g/mol. The molecule has 1 aliphatic rings. The molecule has 2 rings (SSSR count). The first-order valence-electron chi connectivity index (χ1n) is 6.29. The lowest BCUT2D eigenvalue weighted by Crippen LogP contribution is -2.27. The summed E-state index contributed by atoms with van der Waals surface area (Å²) in [6.07, 6.45) is 1.78. The van der Waals surface area contributed by atoms with Crippen molar-refractivity contribution in [3.8, 4) is 5.75 Å². The van der Waals surface area contributed by atoms with E-state index in [0.717, 1.165) is 18.4 Å². The fourth-order valence-corrected chi connectivity index (χ4v) is 2.40. The van der Waals surface area contributed by atoms with Crippen LogP contribution in [0, 0.1) is 16.0 Å². The van der Waals surface area contributed by atoms with Crippen LogP contribution in [0.4, 0.5) is 5.69 Å². The van der Waals surface area contributed by atoms with Crippen LogP contribution in [0.15, 0.2) is 18.2 Å². The van der Waals surface area contributed by atoms with Gasteiger partial charge in [-0.25, -0.2) is 0 Å². The van der Waals surface area contributed by atoms with E-state index in [9.17, 15) is 10.1 Å². The molecule has 0 spiro atoms. The number of hydrogen-bond acceptors (Lipinski definition) is 5. The molecule has 6 heteroatoms. The molecule has 0 bridgehead atoms. The average Bonchev–Trinajstić information content (AvgIpc) is 2.46. The number of rotatable bonds is 4. The summed E-state index contributed by atoms with van der Waals surface area (Å²) in [5, 5.41) is 11.0. The van der Waals surface area contributed by atoms with Crippen molar-refractivity contribution >= 4 is 5.69 Å². The molecule has 0 saturated carbocycles. The largest absolute Gasteiger partial charge is 0.490 e. The van der Waals surface area contributed by atoms with Gasteiger partial charge in [0.05, 0.1) is 12.0 Å². The van der Waals surface area contributed by atoms with Crippen molar-refractivity contribution in [2.45, 2.75) is 18.9 Å². The molecule has 19 heavy (non-hydrogen) atoms. The van der Waals surface area contributed by atoms with Gasteiger partial charge in [0.1, 0.15) is 0 Å². The standard InChI is InChI=1S/C13H18N2O4/c1-18-12-3-2-10(8-11(12)15(16)17)13(14)9-4-6-19-7-5-9/h2-3,8-9,13H,4-7,14H2,1H3/t13-/m1/s1. The van der Waals surface area contributed by atoms with Gasteiger partial charge in [0.25, 0.3) is 0 Å². The van der Waals surface area contributed by atoms with Crippen molar-refractivity contribution < 1.29 is 14.4 Å². The zero-order valence-electron chi connectivity index (χ0n) is 10.9. The molecule has 104 valence electrons. The van der Waals surface area contributed by atoms with E-state index in [1.54, 1.807) is 12.1 Å². The van der Waals surface area contributed by atoms with Gasteiger partial charge in [-0.1, -0.05) is 6.07 Å². The summed E-state index contributed by atoms with van der Waals surface area (Å²) >= 11 is 0. The van der Waals surface area contributed by atoms with Crippen molar-refractivity contribution in [3.63, 3.8) is 0 Å². The molecule has 0 aromatic heterocycles. The summed E-state index contributed by atoms with van der Waals surface area (Å²) in [6.45, 7) is 1.41. The SMILES string of the molecule is COc1ccc([C@H](N)C2CCOCC2)cc1[N+](=O)[O-]. The van der Waals surface area contributed by atoms with E-state index in [1.807, 2.05) is 0 Å². The molecule has 0 aliphatic carbocycles. The molecule has 1 atom stereocenters. The summed E-state index contributed by atoms with van der Waals surface area (Å²) < 4.78 is 10.3. The Hall–Kier alpha value is -1.66. The van der Waals surface area contributed by atoms with Gasteiger partial charge in [0.15, 0.2) is 5.75 Å². The van der Waals surface area contributed by atoms with Crippen molar-refractivity contribution in [2.24, 2.45) is 11.7 Å². The number of nitrogens with two attached hydrogens (primary N) is 1. The third-order valence-electron chi connectivity index (χ3n) is 3.56. The minimum absolute atomic E-state index is 0.0393. The monoisotopic (exact) mass is 266 g/mol. The molecule has 0 radical (unpaired) electrons. The molecule has 1 aromatic rings. The van der Waals surface area contributed by atoms with Crippen molar-refractivity contribution in [1.29, 1.82) is 0 Å². The van der Waals surface area contributed by atoms with Crippen LogP contribution in [0.25, 0.3) is 0 Å². The zero-order chi connectivity index (χ0) is 13.8. The smallest absolute Gasteiger partial charge is 0.311 e. The molecular formula is C13H18N2O4. The lowest BCUT2D eigenvalue weighted by Gasteiger charge is -2.27. The highest BCUT2D eigenvalue weighted by Crippen LogP contribution is 2.33. The number of nitro benzene ring substituents is 1. The Kier molecular flexibility index (Phi) is 4.34. The van der Waals surface area contributed by atoms with Crippen LogP contribution < -0.4 is 10.5 Å². The summed E-state index contributed by atoms with van der Waals surface area (Å²) in [5.74, 6) is 0.565. The second kappa shape index (κ2) is 5.99. The number of ether oxygens (including phenoxy) is 2. The Bertz CT molecular complexity index is 458. The predicted octanol–water partition coefficient (Wildman–Crippen LogP) is 2.03. The number of hydrogen-bond donors (Lipinski definition) is 1. The first kappa shape index (κ1) is 13.8. The van der Waals surface area contributed by atoms with Gasteiger partial charge in [-0.3, -0.25) is 10.1 Å². The molecule has 0 unspecified atom stereocenters. The average molecular weight is 266 g/mol. The molecule has 0 amide bonds. The second-order valence-electron chi connectivity index (χ2n) is 4.66. The van der Waals surface area contributed by atoms with E-state index < -0.39 is 4.92 Å². The third kappa shape index (κ3) is 3.02. The van der Waals surface area contributed by atoms with Crippen LogP contribution in [0.2, 0.25) is 0 Å². The lowest BCUT2D eigenvalue weighted by atomic mass is 9.87. The summed E-state index contributed by atoms with van der Waals surface area (Å²) in [5.41, 5.74) is 6.95. The van der Waals surface area contributed by atoms with Crippen LogP contribution in [0.5, 0.6) is 5.75 Å². The minimum Gasteiger partial charge on any atom is -0.490 e. The van der Waals surface area contributed by atoms with E-state index >= 15 is 0 Å². The van der Waals surface area contributed by atoms with Gasteiger partial charge in [-0.2, -0.15) is 0 Å². The fourth-order valence-electron chi connectivity index (χ4n) is 2.40. The first-order chi connectivity index (χ1) is 9.13. The molecule has 1 saturated heterocycles. The van der Waals surface area contributed by atoms with Crippen molar-refractivity contribution in [3.05, 3.63) is 33.9 Å². The molecule has 1 fully saturated rings. The number of methoxy groups -OCH3 is 1. The van der Waals surface area contributed by atoms with Crippen LogP contribution >= 0.6 is 0 Å². The van der Waals surface area contributed by atoms with E-state index in [1.165, 1.54) is 13.2 Å². The van der Waals surface area contributed by atoms with Crippen molar-refractivity contribution in [1.82, 2.24) is 0 Å². The maximum absolute atomic E-state index is 11.0. The first-order valence-corrected chi connectivity index (χ1v) is 6.29. The molecule has 2 N–H and O–H groups in total. The van der Waals surface area contributed by atoms with Gasteiger partial charge in [0, 0.05) is 25.3 Å². The molecule has 1 aromatic carbocycles. The Balaban J connectivity index is 2.24. The second-order valence-corrected chi connectivity index (χ2v) is 4.66. The van der Waals surface area contributed by atoms with Gasteiger partial charge in [0.2, 0.25) is 0 Å². The molecule has 1 aliphatic heterocycles. The van der Waals surface area contributed by atoms with E-state index in [4.69, 9.17) is 15.2 Å². The van der Waals surface area contributed by atoms with E-state index in [0.29, 0.717) is 19.1 Å². The third-order valence-corrected chi connectivity index (χ3v) is 3.56. The zero-order valence-corrected chi connectivity index (χ0v) is 10.9. The topological polar surface area (TPSA) is 87.6 Å². The van der Waals surface area contributed by atoms with Crippen LogP contribution in [-0.4, -0.2) is 25.2 Å². The quantitative estimate of drug-likeness (QED) is 0.665. The van der Waals surface area contributed by atoms with Gasteiger partial charge in [-0.05, 0) is 30.4 Å². The highest BCUT2D eigenvalue weighted by molar-refractivity contribution is 5.49. The van der Waals surface area contributed by atoms with Gasteiger partial charge < -0.3 is 15.2 Å². The van der Waals surface area contributed by atoms with E-state index in [2.05, 4.69) is 0 Å². The molecule has 6 nitrogen and oxygen atoms in total. The Morgan fingerprint density at radius 2 is 2.16 bits per heavy atom. The van der Waals surface area contributed by atoms with Gasteiger partial charge >= 0.3 is 5.69 Å². The number of nitro groups is 1. The van der Waals surface area contributed by atoms with Crippen LogP contribution in [0.3, 0.4) is 0 Å². The minimum atomic E-state index is -0.445. The maximum atomic E-state index is 11.0. The lowest BCUT2D eigenvalue weighted by molar-refractivity contribution is -0.385. The van der Waals surface area contributed by atoms with Crippen LogP contribution in [0.1, 0.15) is 24.4 Å². The number of nitrogens with zero attached hydrogens (tertiary/aromatic N) is 1. The van der Waals surface area contributed by atoms with Crippen molar-refractivity contribution in [2.75, 3.05) is 20.3 Å². The van der Waals surface area contributed by atoms with Gasteiger partial charge in [-0.15, -0.1) is 0 Å². The van der Waals surface area contributed by atoms with Crippen LogP contribution in [-0.2, 0) is 4.74 Å². The molecule has 1 heterocycles. The number of benzene rings is 1. The Morgan fingerprint density at radius 1 is 1.47 bits per heavy atom. The Labute approximate surface area is 111 Å². The fraction of sp³-hybridized carbons (Fsp3) is 0.538. The summed E-state index contributed by atoms with van der Waals surface area (Å²) in [6, 6.07) is 4.71. The highest BCUT2D eigenvalue weighted by Gasteiger charge is 2.25.